The number of hydrogen-bond acceptors (Lipinski definition) is 3. The average molecular weight is 286 g/mol. The van der Waals surface area contributed by atoms with Gasteiger partial charge in [-0.15, -0.1) is 0 Å². The first kappa shape index (κ1) is 13.6. The predicted molar refractivity (Wildman–Crippen MR) is 84.4 cm³/mol. The van der Waals surface area contributed by atoms with Crippen LogP contribution in [0.4, 0.5) is 0 Å². The number of likely N-dealkylation sites (tertiary alicyclic amines) is 1. The average Bonchev–Trinajstić information content (AvgIpc) is 3.09. The Morgan fingerprint density at radius 2 is 1.90 bits per heavy atom. The smallest absolute Gasteiger partial charge is 0.119 e. The summed E-state index contributed by atoms with van der Waals surface area (Å²) in [5, 5.41) is 0. The lowest BCUT2D eigenvalue weighted by Gasteiger charge is -2.38. The van der Waals surface area contributed by atoms with Gasteiger partial charge in [-0.25, -0.2) is 0 Å². The molecule has 3 nitrogen and oxygen atoms in total. The zero-order valence-electron chi connectivity index (χ0n) is 12.9. The number of rotatable bonds is 2. The molecule has 0 bridgehead atoms. The number of fused-ring (bicyclic) bond motifs is 2. The van der Waals surface area contributed by atoms with Gasteiger partial charge >= 0.3 is 0 Å². The molecule has 2 aliphatic carbocycles. The van der Waals surface area contributed by atoms with Crippen molar-refractivity contribution in [3.8, 4) is 5.75 Å². The number of ether oxygens (including phenoxy) is 1. The van der Waals surface area contributed by atoms with Crippen molar-refractivity contribution in [2.45, 2.75) is 44.2 Å². The van der Waals surface area contributed by atoms with E-state index < -0.39 is 0 Å². The van der Waals surface area contributed by atoms with Crippen molar-refractivity contribution in [3.05, 3.63) is 29.3 Å². The number of methoxy groups -OCH3 is 1. The highest BCUT2D eigenvalue weighted by atomic mass is 16.5. The third kappa shape index (κ3) is 2.27. The SMILES string of the molecule is COc1ccc2c(c1)C(N)C(N1CC3CCCC3C1)CC2. The van der Waals surface area contributed by atoms with Crippen LogP contribution in [0, 0.1) is 11.8 Å². The Morgan fingerprint density at radius 3 is 2.62 bits per heavy atom. The Bertz CT molecular complexity index is 518. The number of hydrogen-bond donors (Lipinski definition) is 1. The highest BCUT2D eigenvalue weighted by molar-refractivity contribution is 5.40. The molecule has 0 radical (unpaired) electrons. The van der Waals surface area contributed by atoms with Crippen molar-refractivity contribution in [3.63, 3.8) is 0 Å². The number of nitrogens with two attached hydrogens (primary N) is 1. The predicted octanol–water partition coefficient (Wildman–Crippen LogP) is 2.74. The molecule has 114 valence electrons. The molecule has 4 atom stereocenters. The van der Waals surface area contributed by atoms with Crippen LogP contribution in [0.5, 0.6) is 5.75 Å². The Morgan fingerprint density at radius 1 is 1.14 bits per heavy atom. The fraction of sp³-hybridized carbons (Fsp3) is 0.667. The van der Waals surface area contributed by atoms with Gasteiger partial charge in [-0.05, 0) is 60.8 Å². The van der Waals surface area contributed by atoms with Gasteiger partial charge in [0.25, 0.3) is 0 Å². The van der Waals surface area contributed by atoms with Crippen LogP contribution in [-0.4, -0.2) is 31.1 Å². The van der Waals surface area contributed by atoms with E-state index >= 15 is 0 Å². The van der Waals surface area contributed by atoms with Gasteiger partial charge in [0.1, 0.15) is 5.75 Å². The molecule has 4 rings (SSSR count). The Kier molecular flexibility index (Phi) is 3.43. The van der Waals surface area contributed by atoms with E-state index in [9.17, 15) is 0 Å². The molecule has 3 aliphatic rings. The first-order valence-corrected chi connectivity index (χ1v) is 8.42. The van der Waals surface area contributed by atoms with E-state index in [1.165, 1.54) is 49.9 Å². The van der Waals surface area contributed by atoms with Gasteiger partial charge in [-0.2, -0.15) is 0 Å². The summed E-state index contributed by atoms with van der Waals surface area (Å²) >= 11 is 0. The van der Waals surface area contributed by atoms with E-state index in [0.717, 1.165) is 24.0 Å². The summed E-state index contributed by atoms with van der Waals surface area (Å²) in [5.74, 6) is 2.83. The molecular formula is C18H26N2O. The van der Waals surface area contributed by atoms with Crippen LogP contribution in [0.25, 0.3) is 0 Å². The van der Waals surface area contributed by atoms with Crippen LogP contribution in [0.2, 0.25) is 0 Å². The molecule has 0 spiro atoms. The number of nitrogens with zero attached hydrogens (tertiary/aromatic N) is 1. The van der Waals surface area contributed by atoms with Gasteiger partial charge in [0, 0.05) is 25.2 Å². The van der Waals surface area contributed by atoms with Crippen molar-refractivity contribution in [1.82, 2.24) is 4.90 Å². The van der Waals surface area contributed by atoms with Gasteiger partial charge in [-0.1, -0.05) is 12.5 Å². The normalized spacial score (nSPS) is 35.5. The number of aryl methyl sites for hydroxylation is 1. The largest absolute Gasteiger partial charge is 0.497 e. The van der Waals surface area contributed by atoms with Crippen LogP contribution in [0.15, 0.2) is 18.2 Å². The minimum atomic E-state index is 0.141. The maximum atomic E-state index is 6.65. The van der Waals surface area contributed by atoms with Crippen LogP contribution >= 0.6 is 0 Å². The van der Waals surface area contributed by atoms with Gasteiger partial charge in [0.15, 0.2) is 0 Å². The lowest BCUT2D eigenvalue weighted by Crippen LogP contribution is -2.44. The van der Waals surface area contributed by atoms with Crippen molar-refractivity contribution >= 4 is 0 Å². The molecular weight excluding hydrogens is 260 g/mol. The third-order valence-corrected chi connectivity index (χ3v) is 6.06. The van der Waals surface area contributed by atoms with E-state index in [-0.39, 0.29) is 6.04 Å². The second-order valence-corrected chi connectivity index (χ2v) is 7.10. The fourth-order valence-electron chi connectivity index (χ4n) is 4.88. The van der Waals surface area contributed by atoms with Crippen molar-refractivity contribution < 1.29 is 4.74 Å². The highest BCUT2D eigenvalue weighted by Gasteiger charge is 2.41. The Hall–Kier alpha value is -1.06. The molecule has 1 saturated heterocycles. The van der Waals surface area contributed by atoms with Crippen LogP contribution in [0.3, 0.4) is 0 Å². The van der Waals surface area contributed by atoms with Crippen molar-refractivity contribution in [2.24, 2.45) is 17.6 Å². The molecule has 21 heavy (non-hydrogen) atoms. The van der Waals surface area contributed by atoms with Crippen LogP contribution in [0.1, 0.15) is 42.9 Å². The summed E-state index contributed by atoms with van der Waals surface area (Å²) in [7, 11) is 1.73. The van der Waals surface area contributed by atoms with Crippen molar-refractivity contribution in [2.75, 3.05) is 20.2 Å². The summed E-state index contributed by atoms with van der Waals surface area (Å²) in [4.78, 5) is 2.70. The van der Waals surface area contributed by atoms with Crippen LogP contribution in [-0.2, 0) is 6.42 Å². The quantitative estimate of drug-likeness (QED) is 0.908. The zero-order chi connectivity index (χ0) is 14.4. The molecule has 4 unspecified atom stereocenters. The van der Waals surface area contributed by atoms with Gasteiger partial charge in [0.05, 0.1) is 7.11 Å². The first-order valence-electron chi connectivity index (χ1n) is 8.42. The standard InChI is InChI=1S/C18H26N2O/c1-21-15-7-5-12-6-8-17(18(19)16(12)9-15)20-10-13-3-2-4-14(13)11-20/h5,7,9,13-14,17-18H,2-4,6,8,10-11,19H2,1H3. The van der Waals surface area contributed by atoms with Crippen molar-refractivity contribution in [1.29, 1.82) is 0 Å². The van der Waals surface area contributed by atoms with Gasteiger partial charge in [-0.3, -0.25) is 4.90 Å². The molecule has 2 N–H and O–H groups in total. The van der Waals surface area contributed by atoms with Gasteiger partial charge in [0.2, 0.25) is 0 Å². The highest BCUT2D eigenvalue weighted by Crippen LogP contribution is 2.42. The minimum absolute atomic E-state index is 0.141. The maximum absolute atomic E-state index is 6.65. The molecule has 1 aromatic carbocycles. The minimum Gasteiger partial charge on any atom is -0.497 e. The molecule has 0 amide bonds. The monoisotopic (exact) mass is 286 g/mol. The summed E-state index contributed by atoms with van der Waals surface area (Å²) in [5.41, 5.74) is 9.37. The van der Waals surface area contributed by atoms with E-state index in [1.807, 2.05) is 0 Å². The first-order chi connectivity index (χ1) is 10.3. The topological polar surface area (TPSA) is 38.5 Å². The summed E-state index contributed by atoms with van der Waals surface area (Å²) in [6, 6.07) is 7.08. The van der Waals surface area contributed by atoms with Gasteiger partial charge < -0.3 is 10.5 Å². The number of benzene rings is 1. The van der Waals surface area contributed by atoms with E-state index in [0.29, 0.717) is 6.04 Å². The summed E-state index contributed by atoms with van der Waals surface area (Å²) < 4.78 is 5.38. The molecule has 1 aliphatic heterocycles. The third-order valence-electron chi connectivity index (χ3n) is 6.06. The zero-order valence-corrected chi connectivity index (χ0v) is 12.9. The molecule has 1 aromatic rings. The summed E-state index contributed by atoms with van der Waals surface area (Å²) in [6.07, 6.45) is 6.68. The van der Waals surface area contributed by atoms with E-state index in [4.69, 9.17) is 10.5 Å². The second-order valence-electron chi connectivity index (χ2n) is 7.10. The Labute approximate surface area is 127 Å². The van der Waals surface area contributed by atoms with E-state index in [2.05, 4.69) is 23.1 Å². The van der Waals surface area contributed by atoms with Crippen LogP contribution < -0.4 is 10.5 Å². The molecule has 3 heteroatoms. The lowest BCUT2D eigenvalue weighted by atomic mass is 9.83. The molecule has 0 aromatic heterocycles. The molecule has 2 fully saturated rings. The van der Waals surface area contributed by atoms with E-state index in [1.54, 1.807) is 7.11 Å². The fourth-order valence-corrected chi connectivity index (χ4v) is 4.88. The lowest BCUT2D eigenvalue weighted by molar-refractivity contribution is 0.178. The maximum Gasteiger partial charge on any atom is 0.119 e. The summed E-state index contributed by atoms with van der Waals surface area (Å²) in [6.45, 7) is 2.56. The molecule has 1 saturated carbocycles. The Balaban J connectivity index is 1.55. The second kappa shape index (κ2) is 5.29. The molecule has 1 heterocycles.